The largest absolute Gasteiger partial charge is 0.271 e. The molecule has 26 heavy (non-hydrogen) atoms. The quantitative estimate of drug-likeness (QED) is 0.420. The van der Waals surface area contributed by atoms with Gasteiger partial charge in [0, 0.05) is 35.7 Å². The molecular weight excluding hydrogens is 334 g/mol. The van der Waals surface area contributed by atoms with E-state index in [4.69, 9.17) is 0 Å². The average molecular weight is 349 g/mol. The van der Waals surface area contributed by atoms with Crippen LogP contribution in [0.25, 0.3) is 0 Å². The third-order valence-corrected chi connectivity index (χ3v) is 3.55. The zero-order chi connectivity index (χ0) is 18.4. The van der Waals surface area contributed by atoms with E-state index in [0.29, 0.717) is 17.7 Å². The number of nitro groups is 1. The Bertz CT molecular complexity index is 951. The van der Waals surface area contributed by atoms with Crippen LogP contribution in [-0.4, -0.2) is 26.8 Å². The summed E-state index contributed by atoms with van der Waals surface area (Å²) in [6, 6.07) is 15.0. The molecule has 2 aromatic carbocycles. The molecule has 0 saturated heterocycles. The number of aromatic nitrogens is 2. The lowest BCUT2D eigenvalue weighted by molar-refractivity contribution is -0.384. The van der Waals surface area contributed by atoms with Crippen molar-refractivity contribution in [3.63, 3.8) is 0 Å². The minimum absolute atomic E-state index is 0.0356. The molecular formula is C18H15N5O3. The first-order valence-electron chi connectivity index (χ1n) is 7.76. The fourth-order valence-electron chi connectivity index (χ4n) is 2.34. The Balaban J connectivity index is 1.64. The van der Waals surface area contributed by atoms with Gasteiger partial charge in [0.2, 0.25) is 0 Å². The molecule has 0 aliphatic rings. The van der Waals surface area contributed by atoms with Gasteiger partial charge in [-0.25, -0.2) is 5.43 Å². The Morgan fingerprint density at radius 1 is 1.23 bits per heavy atom. The fraction of sp³-hybridized carbons (Fsp3) is 0.0556. The fourth-order valence-corrected chi connectivity index (χ4v) is 2.34. The molecule has 0 aliphatic heterocycles. The predicted molar refractivity (Wildman–Crippen MR) is 95.9 cm³/mol. The topological polar surface area (TPSA) is 102 Å². The molecule has 0 unspecified atom stereocenters. The van der Waals surface area contributed by atoms with Crippen molar-refractivity contribution in [3.05, 3.63) is 93.8 Å². The van der Waals surface area contributed by atoms with Crippen LogP contribution in [0.5, 0.6) is 0 Å². The van der Waals surface area contributed by atoms with Gasteiger partial charge in [-0.1, -0.05) is 24.3 Å². The number of nitrogens with zero attached hydrogens (tertiary/aromatic N) is 4. The summed E-state index contributed by atoms with van der Waals surface area (Å²) < 4.78 is 1.76. The first kappa shape index (κ1) is 17.0. The van der Waals surface area contributed by atoms with Crippen LogP contribution in [0, 0.1) is 10.1 Å². The maximum atomic E-state index is 12.2. The molecule has 0 radical (unpaired) electrons. The lowest BCUT2D eigenvalue weighted by atomic mass is 10.1. The van der Waals surface area contributed by atoms with E-state index in [0.717, 1.165) is 5.56 Å². The summed E-state index contributed by atoms with van der Waals surface area (Å²) in [6.07, 6.45) is 4.90. The summed E-state index contributed by atoms with van der Waals surface area (Å²) in [5.74, 6) is -0.367. The molecule has 3 rings (SSSR count). The molecule has 1 heterocycles. The number of nitrogens with one attached hydrogen (secondary N) is 1. The molecule has 1 N–H and O–H groups in total. The highest BCUT2D eigenvalue weighted by molar-refractivity contribution is 5.95. The second-order valence-electron chi connectivity index (χ2n) is 5.46. The van der Waals surface area contributed by atoms with E-state index in [1.54, 1.807) is 41.2 Å². The number of benzene rings is 2. The summed E-state index contributed by atoms with van der Waals surface area (Å²) in [5, 5.41) is 18.7. The highest BCUT2D eigenvalue weighted by Crippen LogP contribution is 2.11. The Labute approximate surface area is 148 Å². The normalized spacial score (nSPS) is 10.8. The number of carbonyl (C=O) groups excluding carboxylic acids is 1. The standard InChI is InChI=1S/C18H15N5O3/c24-18(21-19-12-14-4-2-7-17(11-14)23(25)26)16-6-1-5-15(10-16)13-22-9-3-8-20-22/h1-12H,13H2,(H,21,24)/b19-12-. The Hall–Kier alpha value is -3.81. The molecule has 0 atom stereocenters. The van der Waals surface area contributed by atoms with Crippen molar-refractivity contribution in [3.8, 4) is 0 Å². The lowest BCUT2D eigenvalue weighted by Crippen LogP contribution is -2.18. The zero-order valence-electron chi connectivity index (χ0n) is 13.6. The highest BCUT2D eigenvalue weighted by Gasteiger charge is 2.06. The number of non-ortho nitro benzene ring substituents is 1. The first-order chi connectivity index (χ1) is 12.6. The number of nitro benzene ring substituents is 1. The molecule has 0 fully saturated rings. The number of carbonyl (C=O) groups is 1. The van der Waals surface area contributed by atoms with Gasteiger partial charge in [0.1, 0.15) is 0 Å². The van der Waals surface area contributed by atoms with Gasteiger partial charge in [0.25, 0.3) is 11.6 Å². The molecule has 0 saturated carbocycles. The van der Waals surface area contributed by atoms with E-state index in [-0.39, 0.29) is 11.6 Å². The van der Waals surface area contributed by atoms with Crippen LogP contribution >= 0.6 is 0 Å². The third-order valence-electron chi connectivity index (χ3n) is 3.55. The monoisotopic (exact) mass is 349 g/mol. The van der Waals surface area contributed by atoms with Crippen molar-refractivity contribution >= 4 is 17.8 Å². The van der Waals surface area contributed by atoms with Gasteiger partial charge in [0.15, 0.2) is 0 Å². The van der Waals surface area contributed by atoms with Gasteiger partial charge in [-0.15, -0.1) is 0 Å². The summed E-state index contributed by atoms with van der Waals surface area (Å²) in [5.41, 5.74) is 4.30. The second-order valence-corrected chi connectivity index (χ2v) is 5.46. The number of hydrogen-bond donors (Lipinski definition) is 1. The van der Waals surface area contributed by atoms with Crippen LogP contribution in [-0.2, 0) is 6.54 Å². The molecule has 0 spiro atoms. The molecule has 1 amide bonds. The van der Waals surface area contributed by atoms with Gasteiger partial charge >= 0.3 is 0 Å². The molecule has 130 valence electrons. The molecule has 3 aromatic rings. The molecule has 0 aliphatic carbocycles. The SMILES string of the molecule is O=C(N/N=C\c1cccc([N+](=O)[O-])c1)c1cccc(Cn2cccn2)c1. The van der Waals surface area contributed by atoms with Crippen LogP contribution < -0.4 is 5.43 Å². The van der Waals surface area contributed by atoms with Crippen molar-refractivity contribution in [2.75, 3.05) is 0 Å². The molecule has 1 aromatic heterocycles. The van der Waals surface area contributed by atoms with E-state index in [9.17, 15) is 14.9 Å². The maximum absolute atomic E-state index is 12.2. The number of hydrogen-bond acceptors (Lipinski definition) is 5. The van der Waals surface area contributed by atoms with Gasteiger partial charge in [0.05, 0.1) is 17.7 Å². The van der Waals surface area contributed by atoms with Crippen LogP contribution in [0.4, 0.5) is 5.69 Å². The van der Waals surface area contributed by atoms with Gasteiger partial charge in [-0.3, -0.25) is 19.6 Å². The van der Waals surface area contributed by atoms with E-state index in [1.807, 2.05) is 18.3 Å². The summed E-state index contributed by atoms with van der Waals surface area (Å²) in [4.78, 5) is 22.5. The Kier molecular flexibility index (Phi) is 5.14. The second kappa shape index (κ2) is 7.84. The third kappa shape index (κ3) is 4.38. The highest BCUT2D eigenvalue weighted by atomic mass is 16.6. The summed E-state index contributed by atoms with van der Waals surface area (Å²) in [6.45, 7) is 0.561. The molecule has 0 bridgehead atoms. The molecule has 8 nitrogen and oxygen atoms in total. The first-order valence-corrected chi connectivity index (χ1v) is 7.76. The van der Waals surface area contributed by atoms with Gasteiger partial charge in [-0.2, -0.15) is 10.2 Å². The Morgan fingerprint density at radius 2 is 2.08 bits per heavy atom. The summed E-state index contributed by atoms with van der Waals surface area (Å²) in [7, 11) is 0. The van der Waals surface area contributed by atoms with Crippen molar-refractivity contribution in [2.45, 2.75) is 6.54 Å². The van der Waals surface area contributed by atoms with Crippen molar-refractivity contribution in [2.24, 2.45) is 5.10 Å². The van der Waals surface area contributed by atoms with Gasteiger partial charge < -0.3 is 0 Å². The lowest BCUT2D eigenvalue weighted by Gasteiger charge is -2.05. The Morgan fingerprint density at radius 3 is 2.85 bits per heavy atom. The number of hydrazone groups is 1. The smallest absolute Gasteiger partial charge is 0.268 e. The minimum Gasteiger partial charge on any atom is -0.268 e. The van der Waals surface area contributed by atoms with Gasteiger partial charge in [-0.05, 0) is 23.8 Å². The minimum atomic E-state index is -0.485. The predicted octanol–water partition coefficient (Wildman–Crippen LogP) is 2.60. The zero-order valence-corrected chi connectivity index (χ0v) is 13.6. The van der Waals surface area contributed by atoms with E-state index >= 15 is 0 Å². The maximum Gasteiger partial charge on any atom is 0.271 e. The van der Waals surface area contributed by atoms with E-state index in [1.165, 1.54) is 18.3 Å². The van der Waals surface area contributed by atoms with E-state index < -0.39 is 4.92 Å². The van der Waals surface area contributed by atoms with Crippen molar-refractivity contribution in [1.29, 1.82) is 0 Å². The number of amides is 1. The van der Waals surface area contributed by atoms with Crippen LogP contribution in [0.2, 0.25) is 0 Å². The van der Waals surface area contributed by atoms with Crippen LogP contribution in [0.15, 0.2) is 72.1 Å². The molecule has 8 heteroatoms. The van der Waals surface area contributed by atoms with Crippen molar-refractivity contribution in [1.82, 2.24) is 15.2 Å². The van der Waals surface area contributed by atoms with Crippen LogP contribution in [0.1, 0.15) is 21.5 Å². The summed E-state index contributed by atoms with van der Waals surface area (Å²) >= 11 is 0. The van der Waals surface area contributed by atoms with Crippen LogP contribution in [0.3, 0.4) is 0 Å². The number of rotatable bonds is 6. The van der Waals surface area contributed by atoms with E-state index in [2.05, 4.69) is 15.6 Å². The average Bonchev–Trinajstić information content (AvgIpc) is 3.15. The van der Waals surface area contributed by atoms with Crippen molar-refractivity contribution < 1.29 is 9.72 Å².